The second-order valence-electron chi connectivity index (χ2n) is 2.66. The molecule has 1 atom stereocenters. The van der Waals surface area contributed by atoms with Crippen LogP contribution in [0.1, 0.15) is 23.9 Å². The number of rotatable bonds is 3. The Balaban J connectivity index is 2.74. The SMILES string of the molecule is C=CCC(O)c1ncc(C)cn1. The monoisotopic (exact) mass is 164 g/mol. The van der Waals surface area contributed by atoms with Crippen molar-refractivity contribution >= 4 is 0 Å². The molecule has 0 radical (unpaired) electrons. The lowest BCUT2D eigenvalue weighted by molar-refractivity contribution is 0.171. The third-order valence-electron chi connectivity index (χ3n) is 1.49. The molecule has 3 heteroatoms. The number of hydrogen-bond donors (Lipinski definition) is 1. The van der Waals surface area contributed by atoms with E-state index in [4.69, 9.17) is 0 Å². The van der Waals surface area contributed by atoms with Gasteiger partial charge in [0.2, 0.25) is 0 Å². The molecule has 1 unspecified atom stereocenters. The molecule has 0 saturated heterocycles. The predicted octanol–water partition coefficient (Wildman–Crippen LogP) is 1.39. The highest BCUT2D eigenvalue weighted by atomic mass is 16.3. The van der Waals surface area contributed by atoms with Gasteiger partial charge >= 0.3 is 0 Å². The Hall–Kier alpha value is -1.22. The molecule has 1 rings (SSSR count). The lowest BCUT2D eigenvalue weighted by Crippen LogP contribution is -2.02. The van der Waals surface area contributed by atoms with E-state index in [1.165, 1.54) is 0 Å². The van der Waals surface area contributed by atoms with E-state index >= 15 is 0 Å². The first-order chi connectivity index (χ1) is 5.74. The van der Waals surface area contributed by atoms with Crippen LogP contribution in [0.5, 0.6) is 0 Å². The molecule has 0 aliphatic heterocycles. The van der Waals surface area contributed by atoms with Crippen LogP contribution in [0.3, 0.4) is 0 Å². The summed E-state index contributed by atoms with van der Waals surface area (Å²) in [7, 11) is 0. The standard InChI is InChI=1S/C9H12N2O/c1-3-4-8(12)9-10-5-7(2)6-11-9/h3,5-6,8,12H,1,4H2,2H3. The van der Waals surface area contributed by atoms with Gasteiger partial charge in [0.15, 0.2) is 5.82 Å². The number of hydrogen-bond acceptors (Lipinski definition) is 3. The zero-order valence-electron chi connectivity index (χ0n) is 7.07. The molecule has 0 saturated carbocycles. The van der Waals surface area contributed by atoms with Gasteiger partial charge in [-0.2, -0.15) is 0 Å². The zero-order chi connectivity index (χ0) is 8.97. The van der Waals surface area contributed by atoms with Crippen molar-refractivity contribution in [2.75, 3.05) is 0 Å². The van der Waals surface area contributed by atoms with Gasteiger partial charge in [-0.3, -0.25) is 0 Å². The van der Waals surface area contributed by atoms with Crippen molar-refractivity contribution in [3.8, 4) is 0 Å². The van der Waals surface area contributed by atoms with Gasteiger partial charge in [-0.05, 0) is 18.9 Å². The maximum absolute atomic E-state index is 9.42. The molecule has 0 spiro atoms. The second kappa shape index (κ2) is 3.97. The highest BCUT2D eigenvalue weighted by Crippen LogP contribution is 2.10. The summed E-state index contributed by atoms with van der Waals surface area (Å²) in [6.45, 7) is 5.43. The van der Waals surface area contributed by atoms with Crippen LogP contribution in [0.2, 0.25) is 0 Å². The average Bonchev–Trinajstić information content (AvgIpc) is 2.06. The van der Waals surface area contributed by atoms with Crippen LogP contribution in [-0.4, -0.2) is 15.1 Å². The smallest absolute Gasteiger partial charge is 0.157 e. The Morgan fingerprint density at radius 1 is 1.58 bits per heavy atom. The van der Waals surface area contributed by atoms with Crippen molar-refractivity contribution in [1.82, 2.24) is 9.97 Å². The van der Waals surface area contributed by atoms with E-state index in [9.17, 15) is 5.11 Å². The minimum Gasteiger partial charge on any atom is -0.385 e. The van der Waals surface area contributed by atoms with Crippen molar-refractivity contribution in [3.63, 3.8) is 0 Å². The van der Waals surface area contributed by atoms with E-state index in [-0.39, 0.29) is 0 Å². The highest BCUT2D eigenvalue weighted by Gasteiger charge is 2.06. The van der Waals surface area contributed by atoms with Crippen molar-refractivity contribution in [3.05, 3.63) is 36.4 Å². The van der Waals surface area contributed by atoms with Crippen molar-refractivity contribution < 1.29 is 5.11 Å². The molecule has 0 aliphatic carbocycles. The van der Waals surface area contributed by atoms with Gasteiger partial charge in [-0.25, -0.2) is 9.97 Å². The fourth-order valence-electron chi connectivity index (χ4n) is 0.838. The molecule has 64 valence electrons. The number of aliphatic hydroxyl groups excluding tert-OH is 1. The normalized spacial score (nSPS) is 12.5. The number of nitrogens with zero attached hydrogens (tertiary/aromatic N) is 2. The fraction of sp³-hybridized carbons (Fsp3) is 0.333. The Bertz CT molecular complexity index is 256. The van der Waals surface area contributed by atoms with Gasteiger partial charge < -0.3 is 5.11 Å². The maximum atomic E-state index is 9.42. The average molecular weight is 164 g/mol. The molecular weight excluding hydrogens is 152 g/mol. The Labute approximate surface area is 71.8 Å². The van der Waals surface area contributed by atoms with Gasteiger partial charge in [0.1, 0.15) is 6.10 Å². The van der Waals surface area contributed by atoms with Gasteiger partial charge in [0, 0.05) is 12.4 Å². The summed E-state index contributed by atoms with van der Waals surface area (Å²) in [4.78, 5) is 7.98. The summed E-state index contributed by atoms with van der Waals surface area (Å²) in [6.07, 6.45) is 4.89. The van der Waals surface area contributed by atoms with Crippen LogP contribution in [-0.2, 0) is 0 Å². The van der Waals surface area contributed by atoms with Gasteiger partial charge in [-0.15, -0.1) is 6.58 Å². The minimum atomic E-state index is -0.622. The largest absolute Gasteiger partial charge is 0.385 e. The first-order valence-electron chi connectivity index (χ1n) is 3.81. The first-order valence-corrected chi connectivity index (χ1v) is 3.81. The fourth-order valence-corrected chi connectivity index (χ4v) is 0.838. The van der Waals surface area contributed by atoms with E-state index < -0.39 is 6.10 Å². The topological polar surface area (TPSA) is 46.0 Å². The Morgan fingerprint density at radius 3 is 2.67 bits per heavy atom. The molecule has 0 amide bonds. The van der Waals surface area contributed by atoms with Crippen molar-refractivity contribution in [2.24, 2.45) is 0 Å². The summed E-state index contributed by atoms with van der Waals surface area (Å²) in [5.74, 6) is 0.459. The lowest BCUT2D eigenvalue weighted by Gasteiger charge is -2.05. The Kier molecular flexibility index (Phi) is 2.94. The van der Waals surface area contributed by atoms with E-state index in [2.05, 4.69) is 16.5 Å². The van der Waals surface area contributed by atoms with E-state index in [0.717, 1.165) is 5.56 Å². The third-order valence-corrected chi connectivity index (χ3v) is 1.49. The van der Waals surface area contributed by atoms with E-state index in [0.29, 0.717) is 12.2 Å². The highest BCUT2D eigenvalue weighted by molar-refractivity contribution is 5.03. The number of aryl methyl sites for hydroxylation is 1. The molecule has 0 fully saturated rings. The molecule has 1 aromatic heterocycles. The molecule has 1 N–H and O–H groups in total. The summed E-state index contributed by atoms with van der Waals surface area (Å²) in [6, 6.07) is 0. The van der Waals surface area contributed by atoms with Crippen LogP contribution in [0.4, 0.5) is 0 Å². The van der Waals surface area contributed by atoms with Gasteiger partial charge in [0.25, 0.3) is 0 Å². The van der Waals surface area contributed by atoms with Crippen LogP contribution in [0.25, 0.3) is 0 Å². The predicted molar refractivity (Wildman–Crippen MR) is 46.5 cm³/mol. The van der Waals surface area contributed by atoms with Gasteiger partial charge in [-0.1, -0.05) is 6.08 Å². The molecular formula is C9H12N2O. The molecule has 1 aromatic rings. The first kappa shape index (κ1) is 8.87. The number of aromatic nitrogens is 2. The summed E-state index contributed by atoms with van der Waals surface area (Å²) in [5.41, 5.74) is 0.990. The quantitative estimate of drug-likeness (QED) is 0.687. The van der Waals surface area contributed by atoms with E-state index in [1.807, 2.05) is 6.92 Å². The molecule has 3 nitrogen and oxygen atoms in total. The summed E-state index contributed by atoms with van der Waals surface area (Å²) in [5, 5.41) is 9.42. The van der Waals surface area contributed by atoms with Crippen LogP contribution >= 0.6 is 0 Å². The summed E-state index contributed by atoms with van der Waals surface area (Å²) < 4.78 is 0. The number of aliphatic hydroxyl groups is 1. The molecule has 12 heavy (non-hydrogen) atoms. The molecule has 1 heterocycles. The lowest BCUT2D eigenvalue weighted by atomic mass is 10.2. The Morgan fingerprint density at radius 2 is 2.17 bits per heavy atom. The molecule has 0 aromatic carbocycles. The molecule has 0 aliphatic rings. The van der Waals surface area contributed by atoms with Crippen molar-refractivity contribution in [2.45, 2.75) is 19.4 Å². The third kappa shape index (κ3) is 2.13. The van der Waals surface area contributed by atoms with Crippen LogP contribution in [0.15, 0.2) is 25.0 Å². The van der Waals surface area contributed by atoms with Gasteiger partial charge in [0.05, 0.1) is 0 Å². The second-order valence-corrected chi connectivity index (χ2v) is 2.66. The maximum Gasteiger partial charge on any atom is 0.157 e. The minimum absolute atomic E-state index is 0.459. The summed E-state index contributed by atoms with van der Waals surface area (Å²) >= 11 is 0. The van der Waals surface area contributed by atoms with Crippen LogP contribution < -0.4 is 0 Å². The molecule has 0 bridgehead atoms. The van der Waals surface area contributed by atoms with E-state index in [1.54, 1.807) is 18.5 Å². The van der Waals surface area contributed by atoms with Crippen LogP contribution in [0, 0.1) is 6.92 Å². The van der Waals surface area contributed by atoms with Crippen molar-refractivity contribution in [1.29, 1.82) is 0 Å². The zero-order valence-corrected chi connectivity index (χ0v) is 7.07.